The summed E-state index contributed by atoms with van der Waals surface area (Å²) in [5.41, 5.74) is 0.393. The molecule has 0 atom stereocenters. The minimum absolute atomic E-state index is 0.0355. The molecule has 1 N–H and O–H groups in total. The van der Waals surface area contributed by atoms with Crippen molar-refractivity contribution in [2.24, 2.45) is 0 Å². The summed E-state index contributed by atoms with van der Waals surface area (Å²) in [4.78, 5) is 48.6. The highest BCUT2D eigenvalue weighted by Gasteiger charge is 2.36. The van der Waals surface area contributed by atoms with E-state index in [1.54, 1.807) is 12.1 Å². The summed E-state index contributed by atoms with van der Waals surface area (Å²) in [5.74, 6) is -2.42. The Morgan fingerprint density at radius 2 is 1.67 bits per heavy atom. The number of carbonyl (C=O) groups is 4. The minimum Gasteiger partial charge on any atom is -0.545 e. The van der Waals surface area contributed by atoms with Crippen molar-refractivity contribution in [2.75, 3.05) is 12.0 Å². The maximum Gasteiger partial charge on any atom is 0.335 e. The molecule has 2 aromatic carbocycles. The summed E-state index contributed by atoms with van der Waals surface area (Å²) in [5, 5.41) is 12.9. The van der Waals surface area contributed by atoms with Crippen LogP contribution in [-0.2, 0) is 9.59 Å². The maximum atomic E-state index is 12.7. The third-order valence-corrected chi connectivity index (χ3v) is 3.89. The quantitative estimate of drug-likeness (QED) is 0.631. The molecule has 27 heavy (non-hydrogen) atoms. The molecule has 0 aliphatic carbocycles. The second-order valence-corrected chi connectivity index (χ2v) is 5.57. The second kappa shape index (κ2) is 7.12. The number of barbiturate groups is 1. The predicted molar refractivity (Wildman–Crippen MR) is 92.8 cm³/mol. The monoisotopic (exact) mass is 365 g/mol. The van der Waals surface area contributed by atoms with E-state index in [1.165, 1.54) is 49.6 Å². The van der Waals surface area contributed by atoms with E-state index < -0.39 is 23.8 Å². The number of nitrogens with one attached hydrogen (secondary N) is 1. The standard InChI is InChI=1S/C19H14N2O6/c1-27-14-8-6-13(7-9-14)21-17(23)15(16(22)20-19(21)26)10-11-2-4-12(5-3-11)18(24)25/h2-10H,1H3,(H,24,25)(H,20,22,26)/p-1/b15-10-. The fourth-order valence-corrected chi connectivity index (χ4v) is 2.51. The number of anilines is 1. The van der Waals surface area contributed by atoms with Gasteiger partial charge in [0.05, 0.1) is 18.8 Å². The highest BCUT2D eigenvalue weighted by Crippen LogP contribution is 2.24. The van der Waals surface area contributed by atoms with Crippen LogP contribution in [0.2, 0.25) is 0 Å². The largest absolute Gasteiger partial charge is 0.545 e. The third kappa shape index (κ3) is 3.54. The Kier molecular flexibility index (Phi) is 4.71. The van der Waals surface area contributed by atoms with Gasteiger partial charge in [-0.2, -0.15) is 0 Å². The number of hydrogen-bond donors (Lipinski definition) is 1. The van der Waals surface area contributed by atoms with Crippen LogP contribution in [0.15, 0.2) is 54.1 Å². The van der Waals surface area contributed by atoms with Crippen LogP contribution in [-0.4, -0.2) is 30.9 Å². The minimum atomic E-state index is -1.34. The summed E-state index contributed by atoms with van der Waals surface area (Å²) in [7, 11) is 1.49. The van der Waals surface area contributed by atoms with Crippen molar-refractivity contribution in [3.63, 3.8) is 0 Å². The number of methoxy groups -OCH3 is 1. The van der Waals surface area contributed by atoms with E-state index in [9.17, 15) is 24.3 Å². The van der Waals surface area contributed by atoms with Crippen LogP contribution in [0.25, 0.3) is 6.08 Å². The smallest absolute Gasteiger partial charge is 0.335 e. The number of imide groups is 2. The lowest BCUT2D eigenvalue weighted by Crippen LogP contribution is -2.54. The summed E-state index contributed by atoms with van der Waals surface area (Å²) in [6, 6.07) is 10.7. The Hall–Kier alpha value is -3.94. The van der Waals surface area contributed by atoms with Crippen LogP contribution in [0.3, 0.4) is 0 Å². The van der Waals surface area contributed by atoms with Crippen molar-refractivity contribution in [1.29, 1.82) is 0 Å². The molecule has 8 heteroatoms. The Labute approximate surface area is 153 Å². The average molecular weight is 365 g/mol. The van der Waals surface area contributed by atoms with E-state index in [0.29, 0.717) is 11.3 Å². The van der Waals surface area contributed by atoms with Crippen molar-refractivity contribution in [2.45, 2.75) is 0 Å². The first-order chi connectivity index (χ1) is 12.9. The molecule has 0 bridgehead atoms. The Balaban J connectivity index is 1.95. The van der Waals surface area contributed by atoms with Gasteiger partial charge in [-0.25, -0.2) is 9.69 Å². The van der Waals surface area contributed by atoms with Crippen molar-refractivity contribution in [1.82, 2.24) is 5.32 Å². The Morgan fingerprint density at radius 1 is 1.04 bits per heavy atom. The van der Waals surface area contributed by atoms with Gasteiger partial charge < -0.3 is 14.6 Å². The highest BCUT2D eigenvalue weighted by atomic mass is 16.5. The molecule has 0 saturated carbocycles. The molecule has 2 aromatic rings. The molecule has 1 saturated heterocycles. The molecule has 136 valence electrons. The van der Waals surface area contributed by atoms with E-state index in [0.717, 1.165) is 4.90 Å². The highest BCUT2D eigenvalue weighted by molar-refractivity contribution is 6.39. The molecule has 1 aliphatic rings. The van der Waals surface area contributed by atoms with Crippen LogP contribution in [0.5, 0.6) is 5.75 Å². The predicted octanol–water partition coefficient (Wildman–Crippen LogP) is 0.725. The SMILES string of the molecule is COc1ccc(N2C(=O)NC(=O)/C(=C/c3ccc(C(=O)[O-])cc3)C2=O)cc1. The lowest BCUT2D eigenvalue weighted by molar-refractivity contribution is -0.255. The number of nitrogens with zero attached hydrogens (tertiary/aromatic N) is 1. The molecular formula is C19H13N2O6-. The van der Waals surface area contributed by atoms with Crippen molar-refractivity contribution < 1.29 is 29.0 Å². The van der Waals surface area contributed by atoms with Crippen molar-refractivity contribution >= 4 is 35.6 Å². The summed E-state index contributed by atoms with van der Waals surface area (Å²) in [6.45, 7) is 0. The molecule has 4 amide bonds. The fraction of sp³-hybridized carbons (Fsp3) is 0.0526. The molecular weight excluding hydrogens is 352 g/mol. The van der Waals surface area contributed by atoms with Crippen molar-refractivity contribution in [3.8, 4) is 5.75 Å². The molecule has 1 fully saturated rings. The lowest BCUT2D eigenvalue weighted by atomic mass is 10.1. The molecule has 0 unspecified atom stereocenters. The van der Waals surface area contributed by atoms with Gasteiger partial charge in [0.15, 0.2) is 0 Å². The van der Waals surface area contributed by atoms with Crippen LogP contribution in [0.4, 0.5) is 10.5 Å². The molecule has 3 rings (SSSR count). The van der Waals surface area contributed by atoms with Gasteiger partial charge in [-0.3, -0.25) is 14.9 Å². The molecule has 0 spiro atoms. The molecule has 1 heterocycles. The van der Waals surface area contributed by atoms with Gasteiger partial charge in [-0.05, 0) is 41.5 Å². The van der Waals surface area contributed by atoms with Gasteiger partial charge in [0.1, 0.15) is 11.3 Å². The number of urea groups is 1. The van der Waals surface area contributed by atoms with E-state index >= 15 is 0 Å². The second-order valence-electron chi connectivity index (χ2n) is 5.57. The Bertz CT molecular complexity index is 961. The number of carboxylic acid groups (broad SMARTS) is 1. The zero-order chi connectivity index (χ0) is 19.6. The maximum absolute atomic E-state index is 12.7. The number of benzene rings is 2. The Morgan fingerprint density at radius 3 is 2.22 bits per heavy atom. The van der Waals surface area contributed by atoms with Gasteiger partial charge in [0, 0.05) is 0 Å². The summed E-state index contributed by atoms with van der Waals surface area (Å²) in [6.07, 6.45) is 1.28. The van der Waals surface area contributed by atoms with Crippen LogP contribution in [0.1, 0.15) is 15.9 Å². The molecule has 8 nitrogen and oxygen atoms in total. The van der Waals surface area contributed by atoms with E-state index in [-0.39, 0.29) is 16.8 Å². The van der Waals surface area contributed by atoms with Crippen LogP contribution >= 0.6 is 0 Å². The number of hydrogen-bond acceptors (Lipinski definition) is 6. The number of rotatable bonds is 4. The zero-order valence-electron chi connectivity index (χ0n) is 14.1. The summed E-state index contributed by atoms with van der Waals surface area (Å²) < 4.78 is 5.04. The first-order valence-corrected chi connectivity index (χ1v) is 7.77. The average Bonchev–Trinajstić information content (AvgIpc) is 2.66. The van der Waals surface area contributed by atoms with Gasteiger partial charge in [-0.1, -0.05) is 24.3 Å². The van der Waals surface area contributed by atoms with E-state index in [4.69, 9.17) is 4.74 Å². The number of carbonyl (C=O) groups excluding carboxylic acids is 4. The number of aromatic carboxylic acids is 1. The molecule has 0 aromatic heterocycles. The lowest BCUT2D eigenvalue weighted by Gasteiger charge is -2.26. The van der Waals surface area contributed by atoms with Crippen LogP contribution in [0, 0.1) is 0 Å². The van der Waals surface area contributed by atoms with Gasteiger partial charge in [0.2, 0.25) is 0 Å². The fourth-order valence-electron chi connectivity index (χ4n) is 2.51. The van der Waals surface area contributed by atoms with Crippen LogP contribution < -0.4 is 20.1 Å². The number of carboxylic acids is 1. The van der Waals surface area contributed by atoms with Gasteiger partial charge in [0.25, 0.3) is 11.8 Å². The topological polar surface area (TPSA) is 116 Å². The third-order valence-electron chi connectivity index (χ3n) is 3.89. The first kappa shape index (κ1) is 17.9. The first-order valence-electron chi connectivity index (χ1n) is 7.77. The van der Waals surface area contributed by atoms with E-state index in [2.05, 4.69) is 5.32 Å². The molecule has 0 radical (unpaired) electrons. The van der Waals surface area contributed by atoms with Crippen molar-refractivity contribution in [3.05, 3.63) is 65.2 Å². The molecule has 1 aliphatic heterocycles. The normalized spacial score (nSPS) is 15.7. The number of ether oxygens (including phenoxy) is 1. The number of amides is 4. The van der Waals surface area contributed by atoms with Gasteiger partial charge >= 0.3 is 6.03 Å². The summed E-state index contributed by atoms with van der Waals surface area (Å²) >= 11 is 0. The van der Waals surface area contributed by atoms with E-state index in [1.807, 2.05) is 0 Å². The zero-order valence-corrected chi connectivity index (χ0v) is 14.1. The van der Waals surface area contributed by atoms with Gasteiger partial charge in [-0.15, -0.1) is 0 Å².